The molecule has 0 aliphatic heterocycles. The fourth-order valence-electron chi connectivity index (χ4n) is 1.79. The first-order valence-corrected chi connectivity index (χ1v) is 5.90. The zero-order valence-electron chi connectivity index (χ0n) is 11.0. The molecule has 1 aromatic heterocycles. The lowest BCUT2D eigenvalue weighted by Crippen LogP contribution is -2.39. The van der Waals surface area contributed by atoms with Crippen molar-refractivity contribution < 1.29 is 14.3 Å². The number of aromatic amines is 1. The molecule has 7 nitrogen and oxygen atoms in total. The highest BCUT2D eigenvalue weighted by atomic mass is 16.5. The van der Waals surface area contributed by atoms with Crippen LogP contribution in [0.3, 0.4) is 0 Å². The van der Waals surface area contributed by atoms with E-state index in [2.05, 4.69) is 20.3 Å². The number of amides is 1. The predicted octanol–water partition coefficient (Wildman–Crippen LogP) is 0.214. The summed E-state index contributed by atoms with van der Waals surface area (Å²) in [7, 11) is 1.23. The van der Waals surface area contributed by atoms with Gasteiger partial charge in [0.1, 0.15) is 6.04 Å². The van der Waals surface area contributed by atoms with Gasteiger partial charge in [-0.1, -0.05) is 18.2 Å². The van der Waals surface area contributed by atoms with Gasteiger partial charge < -0.3 is 10.1 Å². The molecule has 20 heavy (non-hydrogen) atoms. The SMILES string of the molecule is COC(=O)[C@H](C)NC(=O)c1n[nH]c(=O)c2ccccc12. The van der Waals surface area contributed by atoms with Gasteiger partial charge in [0.05, 0.1) is 12.5 Å². The normalized spacial score (nSPS) is 11.9. The maximum Gasteiger partial charge on any atom is 0.328 e. The molecule has 1 aromatic carbocycles. The predicted molar refractivity (Wildman–Crippen MR) is 71.3 cm³/mol. The number of methoxy groups -OCH3 is 1. The van der Waals surface area contributed by atoms with Gasteiger partial charge in [-0.25, -0.2) is 9.89 Å². The molecule has 1 atom stereocenters. The molecule has 104 valence electrons. The van der Waals surface area contributed by atoms with E-state index in [1.165, 1.54) is 14.0 Å². The van der Waals surface area contributed by atoms with Crippen LogP contribution in [0.2, 0.25) is 0 Å². The topological polar surface area (TPSA) is 101 Å². The highest BCUT2D eigenvalue weighted by molar-refractivity contribution is 6.05. The minimum Gasteiger partial charge on any atom is -0.467 e. The fraction of sp³-hybridized carbons (Fsp3) is 0.231. The van der Waals surface area contributed by atoms with Gasteiger partial charge in [0, 0.05) is 5.39 Å². The second-order valence-electron chi connectivity index (χ2n) is 4.17. The maximum absolute atomic E-state index is 12.1. The van der Waals surface area contributed by atoms with Crippen molar-refractivity contribution in [3.8, 4) is 0 Å². The number of ether oxygens (including phenoxy) is 1. The molecule has 0 spiro atoms. The average Bonchev–Trinajstić information content (AvgIpc) is 2.46. The van der Waals surface area contributed by atoms with Gasteiger partial charge in [0.25, 0.3) is 11.5 Å². The van der Waals surface area contributed by atoms with Crippen LogP contribution in [0.25, 0.3) is 10.8 Å². The summed E-state index contributed by atoms with van der Waals surface area (Å²) in [5, 5.41) is 9.24. The summed E-state index contributed by atoms with van der Waals surface area (Å²) in [6, 6.07) is 5.80. The Balaban J connectivity index is 2.39. The molecule has 2 aromatic rings. The molecule has 1 heterocycles. The van der Waals surface area contributed by atoms with Crippen LogP contribution in [0.5, 0.6) is 0 Å². The summed E-state index contributed by atoms with van der Waals surface area (Å²) in [6.45, 7) is 1.50. The number of hydrogen-bond acceptors (Lipinski definition) is 5. The highest BCUT2D eigenvalue weighted by Gasteiger charge is 2.20. The molecule has 7 heteroatoms. The van der Waals surface area contributed by atoms with Crippen LogP contribution < -0.4 is 10.9 Å². The molecule has 0 unspecified atom stereocenters. The van der Waals surface area contributed by atoms with E-state index in [0.717, 1.165) is 0 Å². The fourth-order valence-corrected chi connectivity index (χ4v) is 1.79. The number of rotatable bonds is 3. The monoisotopic (exact) mass is 275 g/mol. The first-order valence-electron chi connectivity index (χ1n) is 5.90. The van der Waals surface area contributed by atoms with E-state index in [0.29, 0.717) is 10.8 Å². The average molecular weight is 275 g/mol. The van der Waals surface area contributed by atoms with Crippen LogP contribution in [-0.4, -0.2) is 35.2 Å². The van der Waals surface area contributed by atoms with Crippen molar-refractivity contribution in [2.75, 3.05) is 7.11 Å². The molecule has 0 fully saturated rings. The number of benzene rings is 1. The van der Waals surface area contributed by atoms with Crippen LogP contribution in [-0.2, 0) is 9.53 Å². The van der Waals surface area contributed by atoms with Crippen molar-refractivity contribution in [3.05, 3.63) is 40.3 Å². The Kier molecular flexibility index (Phi) is 3.79. The summed E-state index contributed by atoms with van der Waals surface area (Å²) in [5.74, 6) is -1.12. The van der Waals surface area contributed by atoms with Gasteiger partial charge in [0.15, 0.2) is 5.69 Å². The minimum atomic E-state index is -0.806. The van der Waals surface area contributed by atoms with Gasteiger partial charge >= 0.3 is 5.97 Å². The Morgan fingerprint density at radius 1 is 1.30 bits per heavy atom. The van der Waals surface area contributed by atoms with E-state index in [9.17, 15) is 14.4 Å². The second kappa shape index (κ2) is 5.52. The number of nitrogens with zero attached hydrogens (tertiary/aromatic N) is 1. The third-order valence-electron chi connectivity index (χ3n) is 2.81. The Hall–Kier alpha value is -2.70. The molecule has 2 rings (SSSR count). The molecule has 0 bridgehead atoms. The van der Waals surface area contributed by atoms with E-state index in [1.54, 1.807) is 24.3 Å². The lowest BCUT2D eigenvalue weighted by atomic mass is 10.1. The second-order valence-corrected chi connectivity index (χ2v) is 4.17. The van der Waals surface area contributed by atoms with E-state index in [4.69, 9.17) is 0 Å². The number of nitrogens with one attached hydrogen (secondary N) is 2. The summed E-state index contributed by atoms with van der Waals surface area (Å²) in [4.78, 5) is 35.0. The first kappa shape index (κ1) is 13.7. The van der Waals surface area contributed by atoms with Crippen molar-refractivity contribution >= 4 is 22.6 Å². The zero-order valence-corrected chi connectivity index (χ0v) is 11.0. The Morgan fingerprint density at radius 2 is 1.95 bits per heavy atom. The van der Waals surface area contributed by atoms with Gasteiger partial charge in [-0.2, -0.15) is 5.10 Å². The van der Waals surface area contributed by atoms with Crippen molar-refractivity contribution in [1.29, 1.82) is 0 Å². The van der Waals surface area contributed by atoms with Crippen LogP contribution in [0.4, 0.5) is 0 Å². The summed E-state index contributed by atoms with van der Waals surface area (Å²) < 4.78 is 4.52. The highest BCUT2D eigenvalue weighted by Crippen LogP contribution is 2.12. The molecule has 1 amide bonds. The largest absolute Gasteiger partial charge is 0.467 e. The number of esters is 1. The summed E-state index contributed by atoms with van der Waals surface area (Å²) >= 11 is 0. The van der Waals surface area contributed by atoms with Crippen LogP contribution in [0, 0.1) is 0 Å². The molecule has 0 saturated carbocycles. The molecule has 2 N–H and O–H groups in total. The van der Waals surface area contributed by atoms with Gasteiger partial charge in [-0.05, 0) is 13.0 Å². The van der Waals surface area contributed by atoms with Crippen molar-refractivity contribution in [3.63, 3.8) is 0 Å². The first-order chi connectivity index (χ1) is 9.54. The summed E-state index contributed by atoms with van der Waals surface area (Å²) in [5.41, 5.74) is -0.325. The van der Waals surface area contributed by atoms with Crippen LogP contribution >= 0.6 is 0 Å². The minimum absolute atomic E-state index is 0.0518. The molecule has 0 aliphatic rings. The van der Waals surface area contributed by atoms with Crippen molar-refractivity contribution in [1.82, 2.24) is 15.5 Å². The standard InChI is InChI=1S/C13H13N3O4/c1-7(13(19)20-2)14-12(18)10-8-5-3-4-6-9(8)11(17)16-15-10/h3-7H,1-2H3,(H,14,18)(H,16,17)/t7-/m0/s1. The Morgan fingerprint density at radius 3 is 2.60 bits per heavy atom. The number of hydrogen-bond donors (Lipinski definition) is 2. The van der Waals surface area contributed by atoms with E-state index in [1.807, 2.05) is 0 Å². The molecule has 0 radical (unpaired) electrons. The van der Waals surface area contributed by atoms with E-state index in [-0.39, 0.29) is 11.3 Å². The number of carbonyl (C=O) groups is 2. The third kappa shape index (κ3) is 2.51. The van der Waals surface area contributed by atoms with Crippen molar-refractivity contribution in [2.24, 2.45) is 0 Å². The lowest BCUT2D eigenvalue weighted by molar-refractivity contribution is -0.142. The van der Waals surface area contributed by atoms with Gasteiger partial charge in [0.2, 0.25) is 0 Å². The number of H-pyrrole nitrogens is 1. The Bertz CT molecular complexity index is 723. The van der Waals surface area contributed by atoms with Gasteiger partial charge in [-0.3, -0.25) is 9.59 Å². The molecule has 0 saturated heterocycles. The number of carbonyl (C=O) groups excluding carboxylic acids is 2. The zero-order chi connectivity index (χ0) is 14.7. The lowest BCUT2D eigenvalue weighted by Gasteiger charge is -2.11. The van der Waals surface area contributed by atoms with Crippen LogP contribution in [0.1, 0.15) is 17.4 Å². The number of fused-ring (bicyclic) bond motifs is 1. The van der Waals surface area contributed by atoms with Crippen molar-refractivity contribution in [2.45, 2.75) is 13.0 Å². The molecular weight excluding hydrogens is 262 g/mol. The molecular formula is C13H13N3O4. The summed E-state index contributed by atoms with van der Waals surface area (Å²) in [6.07, 6.45) is 0. The Labute approximate surface area is 113 Å². The van der Waals surface area contributed by atoms with Gasteiger partial charge in [-0.15, -0.1) is 0 Å². The quantitative estimate of drug-likeness (QED) is 0.780. The maximum atomic E-state index is 12.1. The molecule has 0 aliphatic carbocycles. The van der Waals surface area contributed by atoms with E-state index < -0.39 is 17.9 Å². The van der Waals surface area contributed by atoms with E-state index >= 15 is 0 Å². The number of aromatic nitrogens is 2. The third-order valence-corrected chi connectivity index (χ3v) is 2.81. The van der Waals surface area contributed by atoms with Crippen LogP contribution in [0.15, 0.2) is 29.1 Å². The smallest absolute Gasteiger partial charge is 0.328 e.